The van der Waals surface area contributed by atoms with Gasteiger partial charge >= 0.3 is 0 Å². The molecule has 8 heteroatoms. The molecule has 0 fully saturated rings. The maximum atomic E-state index is 11.9. The number of amides is 1. The lowest BCUT2D eigenvalue weighted by Gasteiger charge is -2.17. The third-order valence-corrected chi connectivity index (χ3v) is 3.17. The van der Waals surface area contributed by atoms with Gasteiger partial charge < -0.3 is 20.7 Å². The Morgan fingerprint density at radius 1 is 1.29 bits per heavy atom. The topological polar surface area (TPSA) is 74.8 Å². The molecule has 0 spiro atoms. The van der Waals surface area contributed by atoms with Crippen molar-refractivity contribution in [3.8, 4) is 0 Å². The zero-order chi connectivity index (χ0) is 17.1. The first-order valence-corrected chi connectivity index (χ1v) is 8.02. The minimum absolute atomic E-state index is 0. The SMILES string of the molecule is CCNC(=NCCNC(=O)c1ccc(Cl)cc1)NC(C)COC.I. The van der Waals surface area contributed by atoms with E-state index in [4.69, 9.17) is 16.3 Å². The Labute approximate surface area is 165 Å². The molecule has 6 nitrogen and oxygen atoms in total. The van der Waals surface area contributed by atoms with Crippen LogP contribution in [0, 0.1) is 0 Å². The number of methoxy groups -OCH3 is 1. The van der Waals surface area contributed by atoms with E-state index in [1.54, 1.807) is 31.4 Å². The van der Waals surface area contributed by atoms with Crippen LogP contribution < -0.4 is 16.0 Å². The van der Waals surface area contributed by atoms with Crippen molar-refractivity contribution in [1.29, 1.82) is 0 Å². The van der Waals surface area contributed by atoms with Crippen molar-refractivity contribution in [2.75, 3.05) is 33.4 Å². The van der Waals surface area contributed by atoms with Crippen molar-refractivity contribution in [3.63, 3.8) is 0 Å². The second-order valence-corrected chi connectivity index (χ2v) is 5.46. The molecule has 1 unspecified atom stereocenters. The van der Waals surface area contributed by atoms with Crippen LogP contribution in [-0.2, 0) is 4.74 Å². The van der Waals surface area contributed by atoms with Crippen molar-refractivity contribution in [2.45, 2.75) is 19.9 Å². The molecule has 0 aliphatic rings. The highest BCUT2D eigenvalue weighted by Crippen LogP contribution is 2.09. The summed E-state index contributed by atoms with van der Waals surface area (Å²) in [7, 11) is 1.66. The molecule has 24 heavy (non-hydrogen) atoms. The zero-order valence-electron chi connectivity index (χ0n) is 14.3. The third-order valence-electron chi connectivity index (χ3n) is 2.92. The van der Waals surface area contributed by atoms with Gasteiger partial charge in [-0.25, -0.2) is 0 Å². The lowest BCUT2D eigenvalue weighted by atomic mass is 10.2. The Morgan fingerprint density at radius 2 is 1.96 bits per heavy atom. The molecule has 0 radical (unpaired) electrons. The number of carbonyl (C=O) groups excluding carboxylic acids is 1. The Kier molecular flexibility index (Phi) is 12.7. The van der Waals surface area contributed by atoms with E-state index in [1.807, 2.05) is 13.8 Å². The van der Waals surface area contributed by atoms with Gasteiger partial charge in [-0.05, 0) is 38.1 Å². The van der Waals surface area contributed by atoms with E-state index in [2.05, 4.69) is 20.9 Å². The maximum Gasteiger partial charge on any atom is 0.251 e. The Balaban J connectivity index is 0.00000529. The first-order valence-electron chi connectivity index (χ1n) is 7.64. The Hall–Kier alpha value is -1.06. The first-order chi connectivity index (χ1) is 11.1. The fourth-order valence-electron chi connectivity index (χ4n) is 1.89. The van der Waals surface area contributed by atoms with Crippen LogP contribution in [0.3, 0.4) is 0 Å². The molecule has 136 valence electrons. The van der Waals surface area contributed by atoms with Gasteiger partial charge in [-0.2, -0.15) is 0 Å². The molecule has 0 aromatic heterocycles. The van der Waals surface area contributed by atoms with Gasteiger partial charge in [0.05, 0.1) is 13.2 Å². The van der Waals surface area contributed by atoms with Crippen molar-refractivity contribution >= 4 is 47.4 Å². The molecule has 0 aliphatic carbocycles. The molecule has 1 rings (SSSR count). The molecule has 0 saturated heterocycles. The maximum absolute atomic E-state index is 11.9. The van der Waals surface area contributed by atoms with E-state index in [9.17, 15) is 4.79 Å². The fourth-order valence-corrected chi connectivity index (χ4v) is 2.01. The average molecular weight is 469 g/mol. The molecule has 1 aromatic rings. The highest BCUT2D eigenvalue weighted by molar-refractivity contribution is 14.0. The van der Waals surface area contributed by atoms with E-state index in [1.165, 1.54) is 0 Å². The van der Waals surface area contributed by atoms with Crippen molar-refractivity contribution in [1.82, 2.24) is 16.0 Å². The molecule has 0 aliphatic heterocycles. The molecular formula is C16H26ClIN4O2. The van der Waals surface area contributed by atoms with Crippen molar-refractivity contribution in [2.24, 2.45) is 4.99 Å². The van der Waals surface area contributed by atoms with Crippen LogP contribution in [0.1, 0.15) is 24.2 Å². The summed E-state index contributed by atoms with van der Waals surface area (Å²) in [6, 6.07) is 6.93. The van der Waals surface area contributed by atoms with Gasteiger partial charge in [0.1, 0.15) is 0 Å². The van der Waals surface area contributed by atoms with Crippen molar-refractivity contribution < 1.29 is 9.53 Å². The summed E-state index contributed by atoms with van der Waals surface area (Å²) < 4.78 is 5.09. The summed E-state index contributed by atoms with van der Waals surface area (Å²) in [4.78, 5) is 16.4. The molecule has 0 saturated carbocycles. The monoisotopic (exact) mass is 468 g/mol. The lowest BCUT2D eigenvalue weighted by molar-refractivity contribution is 0.0955. The van der Waals surface area contributed by atoms with Crippen LogP contribution in [0.4, 0.5) is 0 Å². The normalized spacial score (nSPS) is 12.1. The van der Waals surface area contributed by atoms with Gasteiger partial charge in [-0.1, -0.05) is 11.6 Å². The predicted molar refractivity (Wildman–Crippen MR) is 110 cm³/mol. The largest absolute Gasteiger partial charge is 0.383 e. The average Bonchev–Trinajstić information content (AvgIpc) is 2.52. The summed E-state index contributed by atoms with van der Waals surface area (Å²) >= 11 is 5.80. The molecule has 1 aromatic carbocycles. The Bertz CT molecular complexity index is 511. The number of rotatable bonds is 8. The van der Waals surface area contributed by atoms with Gasteiger partial charge in [0.25, 0.3) is 5.91 Å². The highest BCUT2D eigenvalue weighted by Gasteiger charge is 2.05. The van der Waals surface area contributed by atoms with E-state index in [-0.39, 0.29) is 35.9 Å². The minimum atomic E-state index is -0.137. The van der Waals surface area contributed by atoms with Gasteiger partial charge in [0.2, 0.25) is 0 Å². The number of benzene rings is 1. The van der Waals surface area contributed by atoms with E-state index < -0.39 is 0 Å². The van der Waals surface area contributed by atoms with Gasteiger partial charge in [-0.3, -0.25) is 9.79 Å². The minimum Gasteiger partial charge on any atom is -0.383 e. The number of nitrogens with zero attached hydrogens (tertiary/aromatic N) is 1. The van der Waals surface area contributed by atoms with E-state index in [0.717, 1.165) is 6.54 Å². The van der Waals surface area contributed by atoms with Gasteiger partial charge in [0.15, 0.2) is 5.96 Å². The standard InChI is InChI=1S/C16H25ClN4O2.HI/c1-4-18-16(21-12(2)11-23-3)20-10-9-19-15(22)13-5-7-14(17)8-6-13;/h5-8,12H,4,9-11H2,1-3H3,(H,19,22)(H2,18,20,21);1H. The number of ether oxygens (including phenoxy) is 1. The van der Waals surface area contributed by atoms with Crippen molar-refractivity contribution in [3.05, 3.63) is 34.9 Å². The molecular weight excluding hydrogens is 443 g/mol. The number of halogens is 2. The van der Waals surface area contributed by atoms with Crippen LogP contribution in [0.5, 0.6) is 0 Å². The number of aliphatic imine (C=N–C) groups is 1. The Morgan fingerprint density at radius 3 is 2.54 bits per heavy atom. The summed E-state index contributed by atoms with van der Waals surface area (Å²) in [6.45, 7) is 6.31. The van der Waals surface area contributed by atoms with E-state index in [0.29, 0.717) is 36.2 Å². The molecule has 1 atom stereocenters. The van der Waals surface area contributed by atoms with Crippen LogP contribution in [0.2, 0.25) is 5.02 Å². The number of hydrogen-bond acceptors (Lipinski definition) is 3. The summed E-state index contributed by atoms with van der Waals surface area (Å²) in [6.07, 6.45) is 0. The summed E-state index contributed by atoms with van der Waals surface area (Å²) in [5.74, 6) is 0.570. The van der Waals surface area contributed by atoms with Crippen LogP contribution in [0.25, 0.3) is 0 Å². The molecule has 0 bridgehead atoms. The smallest absolute Gasteiger partial charge is 0.251 e. The zero-order valence-corrected chi connectivity index (χ0v) is 17.4. The first kappa shape index (κ1) is 22.9. The van der Waals surface area contributed by atoms with Crippen LogP contribution >= 0.6 is 35.6 Å². The molecule has 0 heterocycles. The summed E-state index contributed by atoms with van der Waals surface area (Å²) in [5, 5.41) is 9.82. The number of nitrogens with one attached hydrogen (secondary N) is 3. The summed E-state index contributed by atoms with van der Waals surface area (Å²) in [5.41, 5.74) is 0.581. The second kappa shape index (κ2) is 13.3. The quantitative estimate of drug-likeness (QED) is 0.237. The van der Waals surface area contributed by atoms with E-state index >= 15 is 0 Å². The highest BCUT2D eigenvalue weighted by atomic mass is 127. The predicted octanol–water partition coefficient (Wildman–Crippen LogP) is 2.28. The van der Waals surface area contributed by atoms with Crippen LogP contribution in [0.15, 0.2) is 29.3 Å². The number of guanidine groups is 1. The number of hydrogen-bond donors (Lipinski definition) is 3. The lowest BCUT2D eigenvalue weighted by Crippen LogP contribution is -2.44. The molecule has 3 N–H and O–H groups in total. The fraction of sp³-hybridized carbons (Fsp3) is 0.500. The second-order valence-electron chi connectivity index (χ2n) is 5.02. The van der Waals surface area contributed by atoms with Gasteiger partial charge in [0, 0.05) is 36.8 Å². The third kappa shape index (κ3) is 9.29. The molecule has 1 amide bonds. The van der Waals surface area contributed by atoms with Gasteiger partial charge in [-0.15, -0.1) is 24.0 Å². The van der Waals surface area contributed by atoms with Crippen LogP contribution in [-0.4, -0.2) is 51.3 Å². The number of carbonyl (C=O) groups is 1.